The number of benzene rings is 2. The number of para-hydroxylation sites is 1. The van der Waals surface area contributed by atoms with Crippen LogP contribution in [0.2, 0.25) is 0 Å². The molecule has 5 heteroatoms. The number of aryl methyl sites for hydroxylation is 1. The van der Waals surface area contributed by atoms with Gasteiger partial charge in [0, 0.05) is 0 Å². The molecular weight excluding hydrogens is 342 g/mol. The number of amides is 1. The molecule has 0 aromatic heterocycles. The molecule has 0 aliphatic rings. The second-order valence-corrected chi connectivity index (χ2v) is 6.66. The molecule has 0 heterocycles. The van der Waals surface area contributed by atoms with E-state index in [1.807, 2.05) is 52.0 Å². The average molecular weight is 369 g/mol. The lowest BCUT2D eigenvalue weighted by Crippen LogP contribution is -2.45. The zero-order valence-electron chi connectivity index (χ0n) is 16.3. The Morgan fingerprint density at radius 1 is 1.04 bits per heavy atom. The molecule has 0 radical (unpaired) electrons. The number of hydrogen-bond donors (Lipinski definition) is 1. The minimum absolute atomic E-state index is 0.113. The Morgan fingerprint density at radius 2 is 1.70 bits per heavy atom. The summed E-state index contributed by atoms with van der Waals surface area (Å²) in [5.41, 5.74) is 2.40. The highest BCUT2D eigenvalue weighted by molar-refractivity contribution is 5.99. The molecule has 1 N–H and O–H groups in total. The van der Waals surface area contributed by atoms with Gasteiger partial charge < -0.3 is 14.8 Å². The predicted octanol–water partition coefficient (Wildman–Crippen LogP) is 3.89. The topological polar surface area (TPSA) is 64.6 Å². The fraction of sp³-hybridized carbons (Fsp3) is 0.364. The van der Waals surface area contributed by atoms with Gasteiger partial charge >= 0.3 is 5.97 Å². The molecule has 0 saturated carbocycles. The van der Waals surface area contributed by atoms with Crippen molar-refractivity contribution in [3.63, 3.8) is 0 Å². The Morgan fingerprint density at radius 3 is 2.37 bits per heavy atom. The van der Waals surface area contributed by atoms with Crippen LogP contribution >= 0.6 is 0 Å². The maximum atomic E-state index is 12.7. The van der Waals surface area contributed by atoms with E-state index in [9.17, 15) is 9.59 Å². The monoisotopic (exact) mass is 369 g/mol. The van der Waals surface area contributed by atoms with Gasteiger partial charge in [-0.1, -0.05) is 50.2 Å². The third kappa shape index (κ3) is 5.58. The van der Waals surface area contributed by atoms with E-state index >= 15 is 0 Å². The van der Waals surface area contributed by atoms with Crippen molar-refractivity contribution >= 4 is 11.9 Å². The predicted molar refractivity (Wildman–Crippen MR) is 105 cm³/mol. The molecule has 2 rings (SSSR count). The fourth-order valence-corrected chi connectivity index (χ4v) is 2.66. The third-order valence-corrected chi connectivity index (χ3v) is 4.27. The Labute approximate surface area is 160 Å². The zero-order valence-corrected chi connectivity index (χ0v) is 16.3. The number of ether oxygens (including phenoxy) is 2. The van der Waals surface area contributed by atoms with Crippen LogP contribution in [-0.2, 0) is 16.1 Å². The summed E-state index contributed by atoms with van der Waals surface area (Å²) in [6, 6.07) is 14.0. The van der Waals surface area contributed by atoms with Gasteiger partial charge in [-0.15, -0.1) is 0 Å². The lowest BCUT2D eigenvalue weighted by molar-refractivity contribution is -0.148. The van der Waals surface area contributed by atoms with Crippen LogP contribution in [0.25, 0.3) is 0 Å². The van der Waals surface area contributed by atoms with Crippen molar-refractivity contribution in [2.75, 3.05) is 6.61 Å². The van der Waals surface area contributed by atoms with Gasteiger partial charge in [-0.05, 0) is 43.0 Å². The molecule has 1 atom stereocenters. The van der Waals surface area contributed by atoms with E-state index in [2.05, 4.69) is 5.32 Å². The second-order valence-electron chi connectivity index (χ2n) is 6.66. The number of rotatable bonds is 8. The second kappa shape index (κ2) is 9.76. The summed E-state index contributed by atoms with van der Waals surface area (Å²) >= 11 is 0. The highest BCUT2D eigenvalue weighted by atomic mass is 16.5. The molecule has 0 aliphatic carbocycles. The molecule has 0 fully saturated rings. The van der Waals surface area contributed by atoms with Crippen molar-refractivity contribution in [3.05, 3.63) is 65.2 Å². The zero-order chi connectivity index (χ0) is 19.8. The number of carbonyl (C=O) groups is 2. The van der Waals surface area contributed by atoms with Crippen LogP contribution in [0.3, 0.4) is 0 Å². The standard InChI is InChI=1S/C22H27NO4/c1-5-26-19-13-9-8-12-18(19)21(24)23-20(15(2)3)22(25)27-14-17-11-7-6-10-16(17)4/h6-13,15,20H,5,14H2,1-4H3,(H,23,24). The van der Waals surface area contributed by atoms with Gasteiger partial charge in [0.25, 0.3) is 5.91 Å². The van der Waals surface area contributed by atoms with Gasteiger partial charge in [0.05, 0.1) is 12.2 Å². The van der Waals surface area contributed by atoms with Crippen LogP contribution in [0.4, 0.5) is 0 Å². The first-order chi connectivity index (χ1) is 12.9. The van der Waals surface area contributed by atoms with Crippen LogP contribution < -0.4 is 10.1 Å². The van der Waals surface area contributed by atoms with Crippen molar-refractivity contribution in [3.8, 4) is 5.75 Å². The highest BCUT2D eigenvalue weighted by Gasteiger charge is 2.27. The van der Waals surface area contributed by atoms with Gasteiger partial charge in [0.15, 0.2) is 0 Å². The maximum absolute atomic E-state index is 12.7. The molecule has 0 bridgehead atoms. The summed E-state index contributed by atoms with van der Waals surface area (Å²) in [5.74, 6) is -0.424. The van der Waals surface area contributed by atoms with Crippen LogP contribution in [0.5, 0.6) is 5.75 Å². The molecule has 2 aromatic carbocycles. The maximum Gasteiger partial charge on any atom is 0.329 e. The minimum atomic E-state index is -0.740. The first kappa shape index (κ1) is 20.5. The summed E-state index contributed by atoms with van der Waals surface area (Å²) in [5, 5.41) is 2.79. The number of hydrogen-bond acceptors (Lipinski definition) is 4. The third-order valence-electron chi connectivity index (χ3n) is 4.27. The molecule has 0 saturated heterocycles. The van der Waals surface area contributed by atoms with Crippen molar-refractivity contribution in [1.82, 2.24) is 5.32 Å². The Balaban J connectivity index is 2.07. The van der Waals surface area contributed by atoms with E-state index in [4.69, 9.17) is 9.47 Å². The number of esters is 1. The van der Waals surface area contributed by atoms with Crippen molar-refractivity contribution in [2.45, 2.75) is 40.3 Å². The lowest BCUT2D eigenvalue weighted by Gasteiger charge is -2.21. The van der Waals surface area contributed by atoms with Crippen LogP contribution in [0, 0.1) is 12.8 Å². The molecule has 0 spiro atoms. The van der Waals surface area contributed by atoms with E-state index in [0.29, 0.717) is 17.9 Å². The largest absolute Gasteiger partial charge is 0.493 e. The van der Waals surface area contributed by atoms with Gasteiger partial charge in [-0.25, -0.2) is 4.79 Å². The van der Waals surface area contributed by atoms with Crippen molar-refractivity contribution < 1.29 is 19.1 Å². The summed E-state index contributed by atoms with van der Waals surface area (Å²) in [7, 11) is 0. The molecule has 144 valence electrons. The summed E-state index contributed by atoms with van der Waals surface area (Å²) in [6.45, 7) is 8.20. The van der Waals surface area contributed by atoms with E-state index in [0.717, 1.165) is 11.1 Å². The quantitative estimate of drug-likeness (QED) is 0.717. The van der Waals surface area contributed by atoms with Gasteiger partial charge in [0.1, 0.15) is 18.4 Å². The molecule has 2 aromatic rings. The molecule has 0 aliphatic heterocycles. The van der Waals surface area contributed by atoms with E-state index in [1.54, 1.807) is 24.3 Å². The Kier molecular flexibility index (Phi) is 7.41. The number of nitrogens with one attached hydrogen (secondary N) is 1. The van der Waals surface area contributed by atoms with E-state index in [1.165, 1.54) is 0 Å². The molecule has 1 amide bonds. The normalized spacial score (nSPS) is 11.7. The van der Waals surface area contributed by atoms with E-state index < -0.39 is 12.0 Å². The molecule has 5 nitrogen and oxygen atoms in total. The van der Waals surface area contributed by atoms with Gasteiger partial charge in [-0.3, -0.25) is 4.79 Å². The summed E-state index contributed by atoms with van der Waals surface area (Å²) in [4.78, 5) is 25.3. The molecule has 27 heavy (non-hydrogen) atoms. The smallest absolute Gasteiger partial charge is 0.329 e. The summed E-state index contributed by atoms with van der Waals surface area (Å²) in [6.07, 6.45) is 0. The first-order valence-electron chi connectivity index (χ1n) is 9.17. The number of carbonyl (C=O) groups excluding carboxylic acids is 2. The minimum Gasteiger partial charge on any atom is -0.493 e. The Bertz CT molecular complexity index is 785. The van der Waals surface area contributed by atoms with Gasteiger partial charge in [-0.2, -0.15) is 0 Å². The van der Waals surface area contributed by atoms with Crippen molar-refractivity contribution in [1.29, 1.82) is 0 Å². The summed E-state index contributed by atoms with van der Waals surface area (Å²) < 4.78 is 11.0. The Hall–Kier alpha value is -2.82. The SMILES string of the molecule is CCOc1ccccc1C(=O)NC(C(=O)OCc1ccccc1C)C(C)C. The highest BCUT2D eigenvalue weighted by Crippen LogP contribution is 2.19. The van der Waals surface area contributed by atoms with Crippen LogP contribution in [0.1, 0.15) is 42.3 Å². The fourth-order valence-electron chi connectivity index (χ4n) is 2.66. The van der Waals surface area contributed by atoms with Crippen LogP contribution in [-0.4, -0.2) is 24.5 Å². The van der Waals surface area contributed by atoms with Gasteiger partial charge in [0.2, 0.25) is 0 Å². The molecule has 1 unspecified atom stereocenters. The first-order valence-corrected chi connectivity index (χ1v) is 9.17. The van der Waals surface area contributed by atoms with Crippen molar-refractivity contribution in [2.24, 2.45) is 5.92 Å². The van der Waals surface area contributed by atoms with E-state index in [-0.39, 0.29) is 18.4 Å². The van der Waals surface area contributed by atoms with Crippen LogP contribution in [0.15, 0.2) is 48.5 Å². The molecular formula is C22H27NO4. The lowest BCUT2D eigenvalue weighted by atomic mass is 10.0. The average Bonchev–Trinajstić information content (AvgIpc) is 2.65.